The molecule has 2 aromatic rings. The molecule has 0 saturated heterocycles. The third kappa shape index (κ3) is 1.63. The summed E-state index contributed by atoms with van der Waals surface area (Å²) in [7, 11) is 0. The summed E-state index contributed by atoms with van der Waals surface area (Å²) in [6.07, 6.45) is 0. The minimum atomic E-state index is -4.04. The van der Waals surface area contributed by atoms with Crippen molar-refractivity contribution in [2.24, 2.45) is 0 Å². The molecule has 0 amide bonds. The molecule has 1 aromatic carbocycles. The van der Waals surface area contributed by atoms with Crippen LogP contribution in [0.15, 0.2) is 28.7 Å². The molecule has 0 aliphatic rings. The number of aliphatic carboxylic acids is 1. The van der Waals surface area contributed by atoms with Gasteiger partial charge in [0.25, 0.3) is 0 Å². The highest BCUT2D eigenvalue weighted by Gasteiger charge is 2.44. The first kappa shape index (κ1) is 10.9. The smallest absolute Gasteiger partial charge is 0.399 e. The average molecular weight is 247 g/mol. The van der Waals surface area contributed by atoms with Gasteiger partial charge in [-0.2, -0.15) is 8.78 Å². The number of halogens is 3. The minimum absolute atomic E-state index is 0.167. The van der Waals surface area contributed by atoms with Gasteiger partial charge in [0, 0.05) is 10.4 Å². The summed E-state index contributed by atoms with van der Waals surface area (Å²) in [5.74, 6) is -7.19. The van der Waals surface area contributed by atoms with Gasteiger partial charge in [-0.25, -0.2) is 4.79 Å². The second kappa shape index (κ2) is 3.45. The van der Waals surface area contributed by atoms with E-state index in [0.29, 0.717) is 10.4 Å². The van der Waals surface area contributed by atoms with Crippen molar-refractivity contribution < 1.29 is 23.1 Å². The predicted molar refractivity (Wildman–Crippen MR) is 52.8 cm³/mol. The summed E-state index contributed by atoms with van der Waals surface area (Å²) in [6.45, 7) is 0. The first-order chi connectivity index (χ1) is 7.41. The third-order valence-corrected chi connectivity index (χ3v) is 2.29. The van der Waals surface area contributed by atoms with Gasteiger partial charge in [0.2, 0.25) is 0 Å². The maximum Gasteiger partial charge on any atom is 0.399 e. The summed E-state index contributed by atoms with van der Waals surface area (Å²) in [4.78, 5) is 10.3. The lowest BCUT2D eigenvalue weighted by Gasteiger charge is -2.05. The number of hydrogen-bond donors (Lipinski definition) is 1. The van der Waals surface area contributed by atoms with Crippen molar-refractivity contribution >= 4 is 28.5 Å². The van der Waals surface area contributed by atoms with E-state index in [9.17, 15) is 13.6 Å². The Morgan fingerprint density at radius 1 is 1.38 bits per heavy atom. The Balaban J connectivity index is 2.59. The van der Waals surface area contributed by atoms with Crippen LogP contribution in [-0.2, 0) is 10.7 Å². The Kier molecular flexibility index (Phi) is 2.35. The van der Waals surface area contributed by atoms with Crippen molar-refractivity contribution in [3.05, 3.63) is 35.0 Å². The Morgan fingerprint density at radius 2 is 2.06 bits per heavy atom. The Hall–Kier alpha value is -1.62. The molecule has 1 N–H and O–H groups in total. The molecule has 0 aliphatic heterocycles. The Labute approximate surface area is 93.2 Å². The van der Waals surface area contributed by atoms with Crippen molar-refractivity contribution in [2.45, 2.75) is 5.92 Å². The molecule has 0 unspecified atom stereocenters. The fraction of sp³-hybridized carbons (Fsp3) is 0.100. The van der Waals surface area contributed by atoms with E-state index >= 15 is 0 Å². The second-order valence-electron chi connectivity index (χ2n) is 3.17. The van der Waals surface area contributed by atoms with Gasteiger partial charge < -0.3 is 9.52 Å². The lowest BCUT2D eigenvalue weighted by atomic mass is 10.2. The SMILES string of the molecule is O=C(O)C(F)(F)c1cc2cc(Cl)ccc2o1. The van der Waals surface area contributed by atoms with Gasteiger partial charge in [0.15, 0.2) is 5.76 Å². The molecule has 0 aliphatic carbocycles. The zero-order chi connectivity index (χ0) is 11.9. The highest BCUT2D eigenvalue weighted by molar-refractivity contribution is 6.31. The maximum atomic E-state index is 13.1. The van der Waals surface area contributed by atoms with Gasteiger partial charge in [-0.05, 0) is 24.3 Å². The van der Waals surface area contributed by atoms with Gasteiger partial charge >= 0.3 is 11.9 Å². The fourth-order valence-corrected chi connectivity index (χ4v) is 1.45. The first-order valence-corrected chi connectivity index (χ1v) is 4.60. The number of hydrogen-bond acceptors (Lipinski definition) is 2. The standard InChI is InChI=1S/C10H5ClF2O3/c11-6-1-2-7-5(3-6)4-8(16-7)10(12,13)9(14)15/h1-4H,(H,14,15). The van der Waals surface area contributed by atoms with Crippen LogP contribution in [0.1, 0.15) is 5.76 Å². The summed E-state index contributed by atoms with van der Waals surface area (Å²) < 4.78 is 30.9. The molecule has 0 spiro atoms. The lowest BCUT2D eigenvalue weighted by molar-refractivity contribution is -0.168. The molecular formula is C10H5ClF2O3. The van der Waals surface area contributed by atoms with Crippen molar-refractivity contribution in [1.82, 2.24) is 0 Å². The Bertz CT molecular complexity index is 562. The zero-order valence-electron chi connectivity index (χ0n) is 7.71. The third-order valence-electron chi connectivity index (χ3n) is 2.06. The monoisotopic (exact) mass is 246 g/mol. The fourth-order valence-electron chi connectivity index (χ4n) is 1.27. The molecule has 16 heavy (non-hydrogen) atoms. The second-order valence-corrected chi connectivity index (χ2v) is 3.61. The van der Waals surface area contributed by atoms with Crippen LogP contribution in [-0.4, -0.2) is 11.1 Å². The van der Waals surface area contributed by atoms with Crippen molar-refractivity contribution in [3.63, 3.8) is 0 Å². The van der Waals surface area contributed by atoms with E-state index < -0.39 is 17.7 Å². The molecule has 1 aromatic heterocycles. The first-order valence-electron chi connectivity index (χ1n) is 4.22. The Morgan fingerprint density at radius 3 is 2.69 bits per heavy atom. The number of rotatable bonds is 2. The van der Waals surface area contributed by atoms with Crippen LogP contribution < -0.4 is 0 Å². The lowest BCUT2D eigenvalue weighted by Crippen LogP contribution is -2.24. The molecule has 0 fully saturated rings. The zero-order valence-corrected chi connectivity index (χ0v) is 8.46. The molecule has 0 bridgehead atoms. The number of fused-ring (bicyclic) bond motifs is 1. The number of alkyl halides is 2. The van der Waals surface area contributed by atoms with E-state index in [1.54, 1.807) is 0 Å². The minimum Gasteiger partial charge on any atom is -0.476 e. The molecule has 6 heteroatoms. The number of carboxylic acid groups (broad SMARTS) is 1. The molecule has 0 atom stereocenters. The molecular weight excluding hydrogens is 242 g/mol. The number of carbonyl (C=O) groups is 1. The molecule has 0 saturated carbocycles. The van der Waals surface area contributed by atoms with Gasteiger partial charge in [0.05, 0.1) is 0 Å². The highest BCUT2D eigenvalue weighted by atomic mass is 35.5. The van der Waals surface area contributed by atoms with E-state index in [2.05, 4.69) is 0 Å². The van der Waals surface area contributed by atoms with Crippen LogP contribution in [0.2, 0.25) is 5.02 Å². The predicted octanol–water partition coefficient (Wildman–Crippen LogP) is 3.26. The summed E-state index contributed by atoms with van der Waals surface area (Å²) >= 11 is 5.66. The topological polar surface area (TPSA) is 50.4 Å². The van der Waals surface area contributed by atoms with Crippen LogP contribution in [0.3, 0.4) is 0 Å². The van der Waals surface area contributed by atoms with Crippen LogP contribution in [0.4, 0.5) is 8.78 Å². The normalized spacial score (nSPS) is 11.9. The molecule has 3 nitrogen and oxygen atoms in total. The molecule has 0 radical (unpaired) electrons. The van der Waals surface area contributed by atoms with Crippen molar-refractivity contribution in [3.8, 4) is 0 Å². The van der Waals surface area contributed by atoms with Gasteiger partial charge in [-0.3, -0.25) is 0 Å². The van der Waals surface area contributed by atoms with Crippen LogP contribution in [0.25, 0.3) is 11.0 Å². The van der Waals surface area contributed by atoms with E-state index in [4.69, 9.17) is 21.1 Å². The summed E-state index contributed by atoms with van der Waals surface area (Å²) in [6, 6.07) is 5.26. The molecule has 84 valence electrons. The van der Waals surface area contributed by atoms with Crippen LogP contribution in [0.5, 0.6) is 0 Å². The van der Waals surface area contributed by atoms with E-state index in [-0.39, 0.29) is 5.58 Å². The number of carboxylic acids is 1. The maximum absolute atomic E-state index is 13.1. The van der Waals surface area contributed by atoms with Crippen LogP contribution >= 0.6 is 11.6 Å². The van der Waals surface area contributed by atoms with Crippen LogP contribution in [0, 0.1) is 0 Å². The van der Waals surface area contributed by atoms with Crippen molar-refractivity contribution in [1.29, 1.82) is 0 Å². The highest BCUT2D eigenvalue weighted by Crippen LogP contribution is 2.33. The molecule has 2 rings (SSSR count). The largest absolute Gasteiger partial charge is 0.476 e. The van der Waals surface area contributed by atoms with E-state index in [0.717, 1.165) is 6.07 Å². The summed E-state index contributed by atoms with van der Waals surface area (Å²) in [5.41, 5.74) is 0.167. The molecule has 1 heterocycles. The van der Waals surface area contributed by atoms with Crippen molar-refractivity contribution in [2.75, 3.05) is 0 Å². The van der Waals surface area contributed by atoms with E-state index in [1.165, 1.54) is 18.2 Å². The number of furan rings is 1. The average Bonchev–Trinajstić information content (AvgIpc) is 2.60. The van der Waals surface area contributed by atoms with E-state index in [1.807, 2.05) is 0 Å². The van der Waals surface area contributed by atoms with Gasteiger partial charge in [0.1, 0.15) is 5.58 Å². The summed E-state index contributed by atoms with van der Waals surface area (Å²) in [5, 5.41) is 9.03. The quantitative estimate of drug-likeness (QED) is 0.885. The van der Waals surface area contributed by atoms with Gasteiger partial charge in [-0.1, -0.05) is 11.6 Å². The number of benzene rings is 1. The van der Waals surface area contributed by atoms with Gasteiger partial charge in [-0.15, -0.1) is 0 Å².